The number of benzene rings is 2. The lowest BCUT2D eigenvalue weighted by molar-refractivity contribution is -0.122. The van der Waals surface area contributed by atoms with Gasteiger partial charge in [0.05, 0.1) is 23.9 Å². The first-order valence-electron chi connectivity index (χ1n) is 9.55. The molecule has 0 radical (unpaired) electrons. The van der Waals surface area contributed by atoms with E-state index in [0.29, 0.717) is 23.9 Å². The Hall–Kier alpha value is -2.74. The molecular formula is C22H20ClN3O3S. The molecule has 2 aliphatic rings. The summed E-state index contributed by atoms with van der Waals surface area (Å²) in [4.78, 5) is 29.2. The number of aryl methyl sites for hydroxylation is 1. The Labute approximate surface area is 185 Å². The van der Waals surface area contributed by atoms with E-state index in [-0.39, 0.29) is 10.7 Å². The van der Waals surface area contributed by atoms with Crippen molar-refractivity contribution >= 4 is 58.2 Å². The van der Waals surface area contributed by atoms with E-state index in [4.69, 9.17) is 28.6 Å². The van der Waals surface area contributed by atoms with E-state index >= 15 is 0 Å². The number of hydrogen-bond acceptors (Lipinski definition) is 5. The highest BCUT2D eigenvalue weighted by Crippen LogP contribution is 2.29. The lowest BCUT2D eigenvalue weighted by Crippen LogP contribution is -2.54. The molecule has 0 bridgehead atoms. The van der Waals surface area contributed by atoms with Gasteiger partial charge in [0.1, 0.15) is 5.57 Å². The van der Waals surface area contributed by atoms with E-state index in [9.17, 15) is 9.59 Å². The SMILES string of the molecule is Cc1cc(/C=C2\C(=O)NC(=S)N(c3ccccc3Cl)C2=O)ccc1N1CCOCC1. The highest BCUT2D eigenvalue weighted by Gasteiger charge is 2.35. The van der Waals surface area contributed by atoms with Gasteiger partial charge in [0.25, 0.3) is 11.8 Å². The van der Waals surface area contributed by atoms with Crippen LogP contribution in [0.1, 0.15) is 11.1 Å². The highest BCUT2D eigenvalue weighted by atomic mass is 35.5. The number of amides is 2. The third-order valence-corrected chi connectivity index (χ3v) is 5.68. The van der Waals surface area contributed by atoms with Crippen molar-refractivity contribution in [2.75, 3.05) is 36.1 Å². The summed E-state index contributed by atoms with van der Waals surface area (Å²) in [6.45, 7) is 5.11. The minimum atomic E-state index is -0.525. The number of anilines is 2. The standard InChI is InChI=1S/C22H20ClN3O3S/c1-14-12-15(6-7-18(14)25-8-10-29-11-9-25)13-16-20(27)24-22(30)26(21(16)28)19-5-3-2-4-17(19)23/h2-7,12-13H,8-11H2,1H3,(H,24,27,30)/b16-13+. The summed E-state index contributed by atoms with van der Waals surface area (Å²) in [5.41, 5.74) is 3.38. The van der Waals surface area contributed by atoms with E-state index in [1.807, 2.05) is 25.1 Å². The third kappa shape index (κ3) is 3.96. The fourth-order valence-corrected chi connectivity index (χ4v) is 4.10. The Bertz CT molecular complexity index is 1060. The van der Waals surface area contributed by atoms with Crippen LogP contribution in [0.5, 0.6) is 0 Å². The lowest BCUT2D eigenvalue weighted by atomic mass is 10.0. The molecule has 2 aromatic carbocycles. The van der Waals surface area contributed by atoms with E-state index in [1.165, 1.54) is 4.90 Å². The molecule has 1 N–H and O–H groups in total. The topological polar surface area (TPSA) is 61.9 Å². The number of carbonyl (C=O) groups excluding carboxylic acids is 2. The highest BCUT2D eigenvalue weighted by molar-refractivity contribution is 7.80. The molecule has 2 saturated heterocycles. The van der Waals surface area contributed by atoms with Crippen molar-refractivity contribution in [2.45, 2.75) is 6.92 Å². The zero-order valence-corrected chi connectivity index (χ0v) is 17.9. The molecule has 0 atom stereocenters. The van der Waals surface area contributed by atoms with Crippen LogP contribution in [0.3, 0.4) is 0 Å². The van der Waals surface area contributed by atoms with Crippen molar-refractivity contribution < 1.29 is 14.3 Å². The van der Waals surface area contributed by atoms with Crippen molar-refractivity contribution in [3.8, 4) is 0 Å². The molecule has 6 nitrogen and oxygen atoms in total. The fraction of sp³-hybridized carbons (Fsp3) is 0.227. The van der Waals surface area contributed by atoms with Gasteiger partial charge in [-0.3, -0.25) is 19.8 Å². The molecule has 0 spiro atoms. The van der Waals surface area contributed by atoms with Crippen molar-refractivity contribution in [3.63, 3.8) is 0 Å². The van der Waals surface area contributed by atoms with Gasteiger partial charge in [0.15, 0.2) is 5.11 Å². The number of ether oxygens (including phenoxy) is 1. The Morgan fingerprint density at radius 1 is 1.10 bits per heavy atom. The summed E-state index contributed by atoms with van der Waals surface area (Å²) >= 11 is 11.5. The first kappa shape index (κ1) is 20.5. The normalized spacial score (nSPS) is 18.7. The molecule has 154 valence electrons. The maximum Gasteiger partial charge on any atom is 0.270 e. The fourth-order valence-electron chi connectivity index (χ4n) is 3.60. The van der Waals surface area contributed by atoms with Crippen LogP contribution in [0, 0.1) is 6.92 Å². The number of morpholine rings is 1. The molecule has 2 fully saturated rings. The van der Waals surface area contributed by atoms with E-state index in [1.54, 1.807) is 30.3 Å². The monoisotopic (exact) mass is 441 g/mol. The smallest absolute Gasteiger partial charge is 0.270 e. The van der Waals surface area contributed by atoms with Crippen molar-refractivity contribution in [1.82, 2.24) is 5.32 Å². The summed E-state index contributed by atoms with van der Waals surface area (Å²) in [5.74, 6) is -1.03. The Morgan fingerprint density at radius 3 is 2.53 bits per heavy atom. The van der Waals surface area contributed by atoms with Crippen LogP contribution < -0.4 is 15.1 Å². The second-order valence-electron chi connectivity index (χ2n) is 7.05. The summed E-state index contributed by atoms with van der Waals surface area (Å²) in [7, 11) is 0. The van der Waals surface area contributed by atoms with Crippen LogP contribution in [-0.2, 0) is 14.3 Å². The predicted octanol–water partition coefficient (Wildman–Crippen LogP) is 3.32. The van der Waals surface area contributed by atoms with Gasteiger partial charge >= 0.3 is 0 Å². The van der Waals surface area contributed by atoms with E-state index < -0.39 is 11.8 Å². The summed E-state index contributed by atoms with van der Waals surface area (Å²) in [6, 6.07) is 12.7. The van der Waals surface area contributed by atoms with Gasteiger partial charge in [-0.2, -0.15) is 0 Å². The second kappa shape index (κ2) is 8.55. The van der Waals surface area contributed by atoms with E-state index in [0.717, 1.165) is 29.9 Å². The molecule has 30 heavy (non-hydrogen) atoms. The molecular weight excluding hydrogens is 422 g/mol. The van der Waals surface area contributed by atoms with Crippen molar-refractivity contribution in [3.05, 3.63) is 64.2 Å². The van der Waals surface area contributed by atoms with Crippen LogP contribution in [0.2, 0.25) is 5.02 Å². The molecule has 0 aromatic heterocycles. The van der Waals surface area contributed by atoms with Gasteiger partial charge < -0.3 is 9.64 Å². The summed E-state index contributed by atoms with van der Waals surface area (Å²) in [6.07, 6.45) is 1.58. The number of nitrogens with zero attached hydrogens (tertiary/aromatic N) is 2. The van der Waals surface area contributed by atoms with Crippen LogP contribution >= 0.6 is 23.8 Å². The van der Waals surface area contributed by atoms with Crippen molar-refractivity contribution in [1.29, 1.82) is 0 Å². The molecule has 0 aliphatic carbocycles. The maximum absolute atomic E-state index is 13.1. The zero-order valence-electron chi connectivity index (χ0n) is 16.4. The average Bonchev–Trinajstić information content (AvgIpc) is 2.73. The summed E-state index contributed by atoms with van der Waals surface area (Å²) < 4.78 is 5.41. The molecule has 2 aromatic rings. The Kier molecular flexibility index (Phi) is 5.85. The minimum Gasteiger partial charge on any atom is -0.378 e. The predicted molar refractivity (Wildman–Crippen MR) is 122 cm³/mol. The molecule has 2 heterocycles. The molecule has 2 amide bonds. The van der Waals surface area contributed by atoms with Gasteiger partial charge in [-0.05, 0) is 60.6 Å². The van der Waals surface area contributed by atoms with Crippen LogP contribution in [0.25, 0.3) is 6.08 Å². The van der Waals surface area contributed by atoms with Crippen LogP contribution in [0.15, 0.2) is 48.0 Å². The number of hydrogen-bond donors (Lipinski definition) is 1. The van der Waals surface area contributed by atoms with E-state index in [2.05, 4.69) is 10.2 Å². The number of halogens is 1. The largest absolute Gasteiger partial charge is 0.378 e. The maximum atomic E-state index is 13.1. The molecule has 2 aliphatic heterocycles. The van der Waals surface area contributed by atoms with Crippen LogP contribution in [-0.4, -0.2) is 43.2 Å². The second-order valence-corrected chi connectivity index (χ2v) is 7.85. The third-order valence-electron chi connectivity index (χ3n) is 5.08. The Balaban J connectivity index is 1.66. The quantitative estimate of drug-likeness (QED) is 0.450. The van der Waals surface area contributed by atoms with Gasteiger partial charge in [-0.1, -0.05) is 29.8 Å². The first-order valence-corrected chi connectivity index (χ1v) is 10.3. The number of nitrogens with one attached hydrogen (secondary N) is 1. The molecule has 8 heteroatoms. The number of thiocarbonyl (C=S) groups is 1. The van der Waals surface area contributed by atoms with Crippen LogP contribution in [0.4, 0.5) is 11.4 Å². The molecule has 0 saturated carbocycles. The summed E-state index contributed by atoms with van der Waals surface area (Å²) in [5, 5.41) is 2.96. The van der Waals surface area contributed by atoms with Gasteiger partial charge in [0.2, 0.25) is 0 Å². The number of rotatable bonds is 3. The van der Waals surface area contributed by atoms with Gasteiger partial charge in [-0.15, -0.1) is 0 Å². The average molecular weight is 442 g/mol. The van der Waals surface area contributed by atoms with Crippen molar-refractivity contribution in [2.24, 2.45) is 0 Å². The minimum absolute atomic E-state index is 0.00189. The van der Waals surface area contributed by atoms with Gasteiger partial charge in [0, 0.05) is 18.8 Å². The zero-order chi connectivity index (χ0) is 21.3. The first-order chi connectivity index (χ1) is 14.5. The number of para-hydroxylation sites is 1. The lowest BCUT2D eigenvalue weighted by Gasteiger charge is -2.30. The number of carbonyl (C=O) groups is 2. The molecule has 0 unspecified atom stereocenters. The molecule has 4 rings (SSSR count). The Morgan fingerprint density at radius 2 is 1.83 bits per heavy atom. The van der Waals surface area contributed by atoms with Gasteiger partial charge in [-0.25, -0.2) is 0 Å².